The molecule has 7 heteroatoms. The molecule has 1 heterocycles. The fourth-order valence-electron chi connectivity index (χ4n) is 3.52. The first-order valence-corrected chi connectivity index (χ1v) is 7.39. The second-order valence-corrected chi connectivity index (χ2v) is 6.12. The minimum Gasteiger partial charge on any atom is -0.480 e. The zero-order valence-corrected chi connectivity index (χ0v) is 12.1. The highest BCUT2D eigenvalue weighted by molar-refractivity contribution is 5.84. The van der Waals surface area contributed by atoms with Gasteiger partial charge in [0.05, 0.1) is 0 Å². The van der Waals surface area contributed by atoms with E-state index in [0.717, 1.165) is 17.7 Å². The minimum absolute atomic E-state index is 0.362. The molecule has 1 aliphatic heterocycles. The van der Waals surface area contributed by atoms with E-state index in [9.17, 15) is 14.4 Å². The number of carbonyl (C=O) groups is 3. The van der Waals surface area contributed by atoms with Crippen molar-refractivity contribution >= 4 is 18.0 Å². The number of hydrogen-bond acceptors (Lipinski definition) is 3. The second-order valence-electron chi connectivity index (χ2n) is 6.12. The number of aliphatic carboxylic acids is 2. The molecule has 2 rings (SSSR count). The Labute approximate surface area is 123 Å². The number of likely N-dealkylation sites (tertiary alicyclic amines) is 1. The Morgan fingerprint density at radius 1 is 0.905 bits per heavy atom. The van der Waals surface area contributed by atoms with Crippen LogP contribution >= 0.6 is 0 Å². The molecule has 1 saturated heterocycles. The summed E-state index contributed by atoms with van der Waals surface area (Å²) in [5.74, 6) is -2.40. The monoisotopic (exact) mass is 298 g/mol. The van der Waals surface area contributed by atoms with Crippen molar-refractivity contribution in [3.05, 3.63) is 0 Å². The van der Waals surface area contributed by atoms with E-state index in [1.165, 1.54) is 25.7 Å². The third-order valence-corrected chi connectivity index (χ3v) is 4.68. The molecule has 21 heavy (non-hydrogen) atoms. The summed E-state index contributed by atoms with van der Waals surface area (Å²) in [4.78, 5) is 36.3. The molecule has 2 amide bonds. The van der Waals surface area contributed by atoms with Crippen LogP contribution in [0.4, 0.5) is 4.79 Å². The van der Waals surface area contributed by atoms with Crippen LogP contribution in [0.15, 0.2) is 0 Å². The zero-order valence-electron chi connectivity index (χ0n) is 12.1. The highest BCUT2D eigenvalue weighted by Crippen LogP contribution is 2.46. The first kappa shape index (κ1) is 15.6. The van der Waals surface area contributed by atoms with Crippen molar-refractivity contribution in [2.75, 3.05) is 26.2 Å². The predicted octanol–water partition coefficient (Wildman–Crippen LogP) is 1.23. The third-order valence-electron chi connectivity index (χ3n) is 4.68. The maximum atomic E-state index is 12.3. The number of carboxylic acids is 2. The van der Waals surface area contributed by atoms with Crippen molar-refractivity contribution in [3.63, 3.8) is 0 Å². The van der Waals surface area contributed by atoms with Gasteiger partial charge in [0.25, 0.3) is 0 Å². The van der Waals surface area contributed by atoms with Gasteiger partial charge in [0.2, 0.25) is 0 Å². The molecule has 0 aromatic carbocycles. The van der Waals surface area contributed by atoms with E-state index in [2.05, 4.69) is 0 Å². The average Bonchev–Trinajstić information content (AvgIpc) is 2.85. The molecule has 0 atom stereocenters. The van der Waals surface area contributed by atoms with Crippen molar-refractivity contribution in [1.29, 1.82) is 0 Å². The first-order chi connectivity index (χ1) is 9.92. The number of amides is 2. The summed E-state index contributed by atoms with van der Waals surface area (Å²) in [6, 6.07) is -0.479. The summed E-state index contributed by atoms with van der Waals surface area (Å²) in [7, 11) is 0. The molecular formula is C14H22N2O5. The van der Waals surface area contributed by atoms with Gasteiger partial charge >= 0.3 is 18.0 Å². The van der Waals surface area contributed by atoms with Gasteiger partial charge in [-0.05, 0) is 31.1 Å². The minimum atomic E-state index is -1.20. The Hall–Kier alpha value is -1.79. The van der Waals surface area contributed by atoms with E-state index in [-0.39, 0.29) is 0 Å². The standard InChI is InChI=1S/C14H22N2O5/c17-11(18)9-16(10-12(19)20)13(21)15-7-5-14(6-8-15)3-1-2-4-14/h1-10H2,(H,17,18)(H,19,20). The van der Waals surface area contributed by atoms with Gasteiger partial charge in [-0.3, -0.25) is 9.59 Å². The Morgan fingerprint density at radius 2 is 1.38 bits per heavy atom. The van der Waals surface area contributed by atoms with Gasteiger partial charge in [-0.2, -0.15) is 0 Å². The molecule has 2 fully saturated rings. The van der Waals surface area contributed by atoms with Gasteiger partial charge in [0, 0.05) is 13.1 Å². The summed E-state index contributed by atoms with van der Waals surface area (Å²) in [5.41, 5.74) is 0.362. The van der Waals surface area contributed by atoms with Gasteiger partial charge in [0.15, 0.2) is 0 Å². The SMILES string of the molecule is O=C(O)CN(CC(=O)O)C(=O)N1CCC2(CCCC2)CC1. The highest BCUT2D eigenvalue weighted by atomic mass is 16.4. The molecule has 1 saturated carbocycles. The van der Waals surface area contributed by atoms with E-state index in [1.807, 2.05) is 0 Å². The molecule has 0 aromatic heterocycles. The quantitative estimate of drug-likeness (QED) is 0.813. The van der Waals surface area contributed by atoms with Crippen LogP contribution in [0.2, 0.25) is 0 Å². The molecule has 1 aliphatic carbocycles. The third kappa shape index (κ3) is 3.86. The molecule has 0 bridgehead atoms. The lowest BCUT2D eigenvalue weighted by Crippen LogP contribution is -2.51. The smallest absolute Gasteiger partial charge is 0.323 e. The van der Waals surface area contributed by atoms with Crippen molar-refractivity contribution < 1.29 is 24.6 Å². The summed E-state index contributed by atoms with van der Waals surface area (Å²) in [5, 5.41) is 17.6. The van der Waals surface area contributed by atoms with Crippen molar-refractivity contribution in [2.24, 2.45) is 5.41 Å². The molecular weight excluding hydrogens is 276 g/mol. The lowest BCUT2D eigenvalue weighted by molar-refractivity contribution is -0.140. The van der Waals surface area contributed by atoms with Gasteiger partial charge < -0.3 is 20.0 Å². The lowest BCUT2D eigenvalue weighted by atomic mass is 9.77. The second kappa shape index (κ2) is 6.32. The first-order valence-electron chi connectivity index (χ1n) is 7.39. The molecule has 2 aliphatic rings. The lowest BCUT2D eigenvalue weighted by Gasteiger charge is -2.40. The maximum absolute atomic E-state index is 12.3. The van der Waals surface area contributed by atoms with Crippen molar-refractivity contribution in [2.45, 2.75) is 38.5 Å². The van der Waals surface area contributed by atoms with E-state index < -0.39 is 31.1 Å². The number of piperidine rings is 1. The highest BCUT2D eigenvalue weighted by Gasteiger charge is 2.39. The maximum Gasteiger partial charge on any atom is 0.323 e. The molecule has 7 nitrogen and oxygen atoms in total. The molecule has 1 spiro atoms. The summed E-state index contributed by atoms with van der Waals surface area (Å²) in [6.45, 7) is 0.0305. The summed E-state index contributed by atoms with van der Waals surface area (Å²) >= 11 is 0. The Morgan fingerprint density at radius 3 is 1.81 bits per heavy atom. The number of nitrogens with zero attached hydrogens (tertiary/aromatic N) is 2. The number of carbonyl (C=O) groups excluding carboxylic acids is 1. The van der Waals surface area contributed by atoms with Gasteiger partial charge in [-0.1, -0.05) is 12.8 Å². The van der Waals surface area contributed by atoms with Crippen molar-refractivity contribution in [3.8, 4) is 0 Å². The van der Waals surface area contributed by atoms with Crippen LogP contribution in [-0.4, -0.2) is 64.2 Å². The Bertz CT molecular complexity index is 405. The fraction of sp³-hybridized carbons (Fsp3) is 0.786. The largest absolute Gasteiger partial charge is 0.480 e. The van der Waals surface area contributed by atoms with E-state index >= 15 is 0 Å². The number of urea groups is 1. The van der Waals surface area contributed by atoms with Crippen LogP contribution in [0.1, 0.15) is 38.5 Å². The van der Waals surface area contributed by atoms with Crippen LogP contribution in [-0.2, 0) is 9.59 Å². The number of carboxylic acid groups (broad SMARTS) is 2. The molecule has 2 N–H and O–H groups in total. The molecule has 118 valence electrons. The van der Waals surface area contributed by atoms with Crippen LogP contribution in [0.3, 0.4) is 0 Å². The molecule has 0 aromatic rings. The van der Waals surface area contributed by atoms with Crippen LogP contribution < -0.4 is 0 Å². The zero-order chi connectivity index (χ0) is 15.5. The molecule has 0 radical (unpaired) electrons. The summed E-state index contributed by atoms with van der Waals surface area (Å²) < 4.78 is 0. The Balaban J connectivity index is 1.94. The normalized spacial score (nSPS) is 20.5. The van der Waals surface area contributed by atoms with E-state index in [1.54, 1.807) is 4.90 Å². The summed E-state index contributed by atoms with van der Waals surface area (Å²) in [6.07, 6.45) is 6.79. The Kier molecular flexibility index (Phi) is 4.69. The van der Waals surface area contributed by atoms with Crippen LogP contribution in [0, 0.1) is 5.41 Å². The van der Waals surface area contributed by atoms with Crippen LogP contribution in [0.25, 0.3) is 0 Å². The molecule has 0 unspecified atom stereocenters. The number of hydrogen-bond donors (Lipinski definition) is 2. The van der Waals surface area contributed by atoms with E-state index in [4.69, 9.17) is 10.2 Å². The van der Waals surface area contributed by atoms with Crippen molar-refractivity contribution in [1.82, 2.24) is 9.80 Å². The van der Waals surface area contributed by atoms with Gasteiger partial charge in [-0.25, -0.2) is 4.79 Å². The van der Waals surface area contributed by atoms with Gasteiger partial charge in [0.1, 0.15) is 13.1 Å². The fourth-order valence-corrected chi connectivity index (χ4v) is 3.52. The van der Waals surface area contributed by atoms with E-state index in [0.29, 0.717) is 18.5 Å². The van der Waals surface area contributed by atoms with Gasteiger partial charge in [-0.15, -0.1) is 0 Å². The van der Waals surface area contributed by atoms with Crippen LogP contribution in [0.5, 0.6) is 0 Å². The average molecular weight is 298 g/mol. The number of rotatable bonds is 4. The predicted molar refractivity (Wildman–Crippen MR) is 73.9 cm³/mol. The topological polar surface area (TPSA) is 98.1 Å².